The summed E-state index contributed by atoms with van der Waals surface area (Å²) in [7, 11) is 0. The highest BCUT2D eigenvalue weighted by atomic mass is 16.5. The molecule has 0 spiro atoms. The van der Waals surface area contributed by atoms with Crippen molar-refractivity contribution in [3.8, 4) is 5.75 Å². The molecule has 3 rings (SSSR count). The lowest BCUT2D eigenvalue weighted by Gasteiger charge is -2.29. The van der Waals surface area contributed by atoms with Crippen molar-refractivity contribution in [2.45, 2.75) is 12.8 Å². The standard InChI is InChI=1S/C17H17N3O3/c21-16(19-15-7-3-4-10-18-15)8-9-17(22)20-11-12-23-14-6-2-1-5-13(14)20/h1-7,10H,8-9,11-12H2,(H,18,19,21). The van der Waals surface area contributed by atoms with Gasteiger partial charge in [-0.05, 0) is 24.3 Å². The number of para-hydroxylation sites is 2. The summed E-state index contributed by atoms with van der Waals surface area (Å²) in [6, 6.07) is 12.7. The Morgan fingerprint density at radius 1 is 1.13 bits per heavy atom. The predicted molar refractivity (Wildman–Crippen MR) is 86.4 cm³/mol. The first kappa shape index (κ1) is 15.0. The van der Waals surface area contributed by atoms with Gasteiger partial charge in [-0.1, -0.05) is 18.2 Å². The van der Waals surface area contributed by atoms with Crippen LogP contribution < -0.4 is 15.0 Å². The maximum atomic E-state index is 12.4. The monoisotopic (exact) mass is 311 g/mol. The number of carbonyl (C=O) groups excluding carboxylic acids is 2. The Bertz CT molecular complexity index is 703. The lowest BCUT2D eigenvalue weighted by molar-refractivity contribution is -0.122. The van der Waals surface area contributed by atoms with E-state index in [-0.39, 0.29) is 24.7 Å². The summed E-state index contributed by atoms with van der Waals surface area (Å²) in [5.41, 5.74) is 0.758. The lowest BCUT2D eigenvalue weighted by atomic mass is 10.2. The Morgan fingerprint density at radius 2 is 1.96 bits per heavy atom. The molecule has 0 saturated carbocycles. The first-order valence-electron chi connectivity index (χ1n) is 7.47. The van der Waals surface area contributed by atoms with Crippen molar-refractivity contribution in [1.82, 2.24) is 4.98 Å². The average molecular weight is 311 g/mol. The first-order chi connectivity index (χ1) is 11.2. The number of amides is 2. The summed E-state index contributed by atoms with van der Waals surface area (Å²) in [6.07, 6.45) is 1.87. The molecule has 23 heavy (non-hydrogen) atoms. The van der Waals surface area contributed by atoms with Gasteiger partial charge in [0.1, 0.15) is 18.2 Å². The number of carbonyl (C=O) groups is 2. The highest BCUT2D eigenvalue weighted by Gasteiger charge is 2.23. The van der Waals surface area contributed by atoms with Crippen LogP contribution in [0.5, 0.6) is 5.75 Å². The topological polar surface area (TPSA) is 71.5 Å². The first-order valence-corrected chi connectivity index (χ1v) is 7.47. The largest absolute Gasteiger partial charge is 0.490 e. The van der Waals surface area contributed by atoms with Gasteiger partial charge in [0.05, 0.1) is 12.2 Å². The minimum absolute atomic E-state index is 0.0862. The van der Waals surface area contributed by atoms with E-state index < -0.39 is 0 Å². The fourth-order valence-corrected chi connectivity index (χ4v) is 2.43. The maximum absolute atomic E-state index is 12.4. The van der Waals surface area contributed by atoms with Gasteiger partial charge in [-0.15, -0.1) is 0 Å². The smallest absolute Gasteiger partial charge is 0.227 e. The number of pyridine rings is 1. The highest BCUT2D eigenvalue weighted by Crippen LogP contribution is 2.31. The number of anilines is 2. The summed E-state index contributed by atoms with van der Waals surface area (Å²) in [6.45, 7) is 0.959. The van der Waals surface area contributed by atoms with E-state index in [0.717, 1.165) is 5.69 Å². The van der Waals surface area contributed by atoms with Gasteiger partial charge in [0, 0.05) is 19.0 Å². The number of fused-ring (bicyclic) bond motifs is 1. The van der Waals surface area contributed by atoms with E-state index in [1.54, 1.807) is 29.3 Å². The number of rotatable bonds is 4. The van der Waals surface area contributed by atoms with Crippen LogP contribution in [0.4, 0.5) is 11.5 Å². The van der Waals surface area contributed by atoms with Crippen LogP contribution in [0.2, 0.25) is 0 Å². The van der Waals surface area contributed by atoms with Crippen LogP contribution in [-0.2, 0) is 9.59 Å². The van der Waals surface area contributed by atoms with Crippen molar-refractivity contribution < 1.29 is 14.3 Å². The lowest BCUT2D eigenvalue weighted by Crippen LogP contribution is -2.38. The predicted octanol–water partition coefficient (Wildman–Crippen LogP) is 2.23. The van der Waals surface area contributed by atoms with Gasteiger partial charge in [0.2, 0.25) is 11.8 Å². The third-order valence-electron chi connectivity index (χ3n) is 3.53. The number of nitrogens with one attached hydrogen (secondary N) is 1. The van der Waals surface area contributed by atoms with Crippen molar-refractivity contribution >= 4 is 23.3 Å². The highest BCUT2D eigenvalue weighted by molar-refractivity contribution is 5.98. The second-order valence-electron chi connectivity index (χ2n) is 5.12. The van der Waals surface area contributed by atoms with Gasteiger partial charge >= 0.3 is 0 Å². The number of hydrogen-bond donors (Lipinski definition) is 1. The molecule has 118 valence electrons. The van der Waals surface area contributed by atoms with Crippen molar-refractivity contribution in [1.29, 1.82) is 0 Å². The Morgan fingerprint density at radius 3 is 2.78 bits per heavy atom. The molecule has 0 radical (unpaired) electrons. The Balaban J connectivity index is 1.57. The fourth-order valence-electron chi connectivity index (χ4n) is 2.43. The van der Waals surface area contributed by atoms with E-state index >= 15 is 0 Å². The Labute approximate surface area is 134 Å². The van der Waals surface area contributed by atoms with Crippen molar-refractivity contribution in [2.24, 2.45) is 0 Å². The van der Waals surface area contributed by atoms with E-state index in [1.165, 1.54) is 0 Å². The molecule has 0 aliphatic carbocycles. The third-order valence-corrected chi connectivity index (χ3v) is 3.53. The number of aromatic nitrogens is 1. The summed E-state index contributed by atoms with van der Waals surface area (Å²) in [5, 5.41) is 2.67. The van der Waals surface area contributed by atoms with Gasteiger partial charge in [-0.2, -0.15) is 0 Å². The number of nitrogens with zero attached hydrogens (tertiary/aromatic N) is 2. The molecule has 2 heterocycles. The molecule has 2 aromatic rings. The normalized spacial score (nSPS) is 13.0. The zero-order valence-electron chi connectivity index (χ0n) is 12.6. The van der Waals surface area contributed by atoms with Gasteiger partial charge in [-0.25, -0.2) is 4.98 Å². The van der Waals surface area contributed by atoms with Crippen LogP contribution in [0.15, 0.2) is 48.7 Å². The molecule has 1 N–H and O–H groups in total. The van der Waals surface area contributed by atoms with Crippen LogP contribution >= 0.6 is 0 Å². The molecule has 1 aromatic heterocycles. The third kappa shape index (κ3) is 3.66. The molecule has 0 atom stereocenters. The molecule has 6 nitrogen and oxygen atoms in total. The molecular weight excluding hydrogens is 294 g/mol. The average Bonchev–Trinajstić information content (AvgIpc) is 2.60. The zero-order valence-corrected chi connectivity index (χ0v) is 12.6. The van der Waals surface area contributed by atoms with Crippen LogP contribution in [0, 0.1) is 0 Å². The molecule has 6 heteroatoms. The molecule has 0 bridgehead atoms. The fraction of sp³-hybridized carbons (Fsp3) is 0.235. The van der Waals surface area contributed by atoms with Crippen LogP contribution in [-0.4, -0.2) is 29.9 Å². The van der Waals surface area contributed by atoms with Crippen LogP contribution in [0.3, 0.4) is 0 Å². The number of hydrogen-bond acceptors (Lipinski definition) is 4. The maximum Gasteiger partial charge on any atom is 0.227 e. The second kappa shape index (κ2) is 6.91. The molecule has 1 aromatic carbocycles. The quantitative estimate of drug-likeness (QED) is 0.940. The van der Waals surface area contributed by atoms with Crippen molar-refractivity contribution in [2.75, 3.05) is 23.4 Å². The van der Waals surface area contributed by atoms with E-state index in [2.05, 4.69) is 10.3 Å². The van der Waals surface area contributed by atoms with E-state index in [1.807, 2.05) is 24.3 Å². The minimum Gasteiger partial charge on any atom is -0.490 e. The summed E-state index contributed by atoms with van der Waals surface area (Å²) < 4.78 is 5.53. The Hall–Kier alpha value is -2.89. The van der Waals surface area contributed by atoms with Crippen molar-refractivity contribution in [3.05, 3.63) is 48.7 Å². The van der Waals surface area contributed by atoms with Gasteiger partial charge < -0.3 is 15.0 Å². The molecule has 2 amide bonds. The van der Waals surface area contributed by atoms with Crippen LogP contribution in [0.25, 0.3) is 0 Å². The van der Waals surface area contributed by atoms with Gasteiger partial charge in [-0.3, -0.25) is 9.59 Å². The molecule has 0 fully saturated rings. The van der Waals surface area contributed by atoms with E-state index in [4.69, 9.17) is 4.74 Å². The minimum atomic E-state index is -0.224. The molecular formula is C17H17N3O3. The molecule has 1 aliphatic heterocycles. The van der Waals surface area contributed by atoms with E-state index in [0.29, 0.717) is 24.7 Å². The number of benzene rings is 1. The van der Waals surface area contributed by atoms with Crippen LogP contribution in [0.1, 0.15) is 12.8 Å². The molecule has 0 unspecified atom stereocenters. The second-order valence-corrected chi connectivity index (χ2v) is 5.12. The summed E-state index contributed by atoms with van der Waals surface area (Å²) in [5.74, 6) is 0.877. The van der Waals surface area contributed by atoms with Gasteiger partial charge in [0.15, 0.2) is 0 Å². The zero-order chi connectivity index (χ0) is 16.1. The summed E-state index contributed by atoms with van der Waals surface area (Å²) >= 11 is 0. The van der Waals surface area contributed by atoms with Crippen molar-refractivity contribution in [3.63, 3.8) is 0 Å². The molecule has 1 aliphatic rings. The van der Waals surface area contributed by atoms with Gasteiger partial charge in [0.25, 0.3) is 0 Å². The number of ether oxygens (including phenoxy) is 1. The molecule has 0 saturated heterocycles. The Kier molecular flexibility index (Phi) is 4.52. The summed E-state index contributed by atoms with van der Waals surface area (Å²) in [4.78, 5) is 30.0. The SMILES string of the molecule is O=C(CCC(=O)N1CCOc2ccccc21)Nc1ccccn1. The van der Waals surface area contributed by atoms with E-state index in [9.17, 15) is 9.59 Å².